The van der Waals surface area contributed by atoms with Gasteiger partial charge in [0, 0.05) is 21.7 Å². The van der Waals surface area contributed by atoms with Gasteiger partial charge in [0.2, 0.25) is 0 Å². The molecule has 2 aromatic carbocycles. The quantitative estimate of drug-likeness (QED) is 0.560. The van der Waals surface area contributed by atoms with Crippen molar-refractivity contribution in [1.29, 1.82) is 0 Å². The zero-order valence-electron chi connectivity index (χ0n) is 14.4. The van der Waals surface area contributed by atoms with Crippen LogP contribution in [0.4, 0.5) is 18.9 Å². The van der Waals surface area contributed by atoms with Gasteiger partial charge in [0.25, 0.3) is 5.91 Å². The van der Waals surface area contributed by atoms with Crippen LogP contribution in [0.25, 0.3) is 0 Å². The summed E-state index contributed by atoms with van der Waals surface area (Å²) in [5.74, 6) is -0.790. The molecule has 3 rings (SSSR count). The molecule has 27 heavy (non-hydrogen) atoms. The number of nitrogens with one attached hydrogen (secondary N) is 1. The molecular weight excluding hydrogens is 393 g/mol. The Hall–Kier alpha value is -2.32. The molecule has 8 heteroatoms. The largest absolute Gasteiger partial charge is 0.417 e. The van der Waals surface area contributed by atoms with E-state index in [1.165, 1.54) is 30.0 Å². The fourth-order valence-corrected chi connectivity index (χ4v) is 4.35. The number of rotatable bonds is 4. The number of anilines is 1. The standard InChI is InChI=1S/C19H15F3N2OS2/c1-11-9-13(27-18-23-12(2)10-26-18)7-8-16(11)24-17(25)14-5-3-4-6-15(14)19(20,21)22/h3-10H,1-2H3,(H,24,25). The zero-order valence-corrected chi connectivity index (χ0v) is 16.1. The van der Waals surface area contributed by atoms with E-state index in [4.69, 9.17) is 0 Å². The van der Waals surface area contributed by atoms with Gasteiger partial charge in [-0.15, -0.1) is 11.3 Å². The first kappa shape index (κ1) is 19.4. The molecule has 0 saturated carbocycles. The third-order valence-corrected chi connectivity index (χ3v) is 5.77. The van der Waals surface area contributed by atoms with Gasteiger partial charge in [0.05, 0.1) is 11.1 Å². The van der Waals surface area contributed by atoms with Crippen LogP contribution in [-0.2, 0) is 6.18 Å². The summed E-state index contributed by atoms with van der Waals surface area (Å²) in [6, 6.07) is 10.1. The number of alkyl halides is 3. The Morgan fingerprint density at radius 3 is 2.52 bits per heavy atom. The lowest BCUT2D eigenvalue weighted by Gasteiger charge is -2.14. The second-order valence-electron chi connectivity index (χ2n) is 5.83. The number of thiazole rings is 1. The van der Waals surface area contributed by atoms with Crippen LogP contribution in [0, 0.1) is 13.8 Å². The molecule has 0 fully saturated rings. The Kier molecular flexibility index (Phi) is 5.57. The van der Waals surface area contributed by atoms with Crippen molar-refractivity contribution in [1.82, 2.24) is 4.98 Å². The lowest BCUT2D eigenvalue weighted by Crippen LogP contribution is -2.19. The van der Waals surface area contributed by atoms with Gasteiger partial charge >= 0.3 is 6.18 Å². The molecule has 3 aromatic rings. The van der Waals surface area contributed by atoms with E-state index in [2.05, 4.69) is 10.3 Å². The minimum atomic E-state index is -4.59. The minimum Gasteiger partial charge on any atom is -0.322 e. The average molecular weight is 408 g/mol. The molecule has 1 N–H and O–H groups in total. The first-order chi connectivity index (χ1) is 12.7. The summed E-state index contributed by atoms with van der Waals surface area (Å²) in [4.78, 5) is 17.7. The van der Waals surface area contributed by atoms with E-state index in [-0.39, 0.29) is 0 Å². The van der Waals surface area contributed by atoms with Crippen molar-refractivity contribution < 1.29 is 18.0 Å². The van der Waals surface area contributed by atoms with Crippen molar-refractivity contribution in [2.45, 2.75) is 29.3 Å². The number of carbonyl (C=O) groups excluding carboxylic acids is 1. The van der Waals surface area contributed by atoms with E-state index < -0.39 is 23.2 Å². The molecule has 1 heterocycles. The Labute approximate surface area is 162 Å². The molecule has 0 saturated heterocycles. The maximum absolute atomic E-state index is 13.1. The topological polar surface area (TPSA) is 42.0 Å². The molecule has 0 radical (unpaired) electrons. The van der Waals surface area contributed by atoms with E-state index in [1.54, 1.807) is 30.4 Å². The van der Waals surface area contributed by atoms with Gasteiger partial charge in [-0.1, -0.05) is 23.9 Å². The average Bonchev–Trinajstić information content (AvgIpc) is 3.01. The van der Waals surface area contributed by atoms with Crippen LogP contribution < -0.4 is 5.32 Å². The van der Waals surface area contributed by atoms with Crippen LogP contribution in [0.5, 0.6) is 0 Å². The second-order valence-corrected chi connectivity index (χ2v) is 8.01. The van der Waals surface area contributed by atoms with E-state index in [0.717, 1.165) is 26.6 Å². The Balaban J connectivity index is 1.79. The van der Waals surface area contributed by atoms with Crippen LogP contribution in [0.1, 0.15) is 27.2 Å². The highest BCUT2D eigenvalue weighted by atomic mass is 32.2. The fourth-order valence-electron chi connectivity index (χ4n) is 2.44. The van der Waals surface area contributed by atoms with Gasteiger partial charge in [-0.25, -0.2) is 4.98 Å². The van der Waals surface area contributed by atoms with Crippen molar-refractivity contribution in [3.05, 3.63) is 70.2 Å². The molecule has 0 aliphatic rings. The number of hydrogen-bond donors (Lipinski definition) is 1. The Morgan fingerprint density at radius 2 is 1.89 bits per heavy atom. The van der Waals surface area contributed by atoms with Crippen LogP contribution in [0.3, 0.4) is 0 Å². The van der Waals surface area contributed by atoms with Crippen LogP contribution >= 0.6 is 23.1 Å². The second kappa shape index (κ2) is 7.74. The monoisotopic (exact) mass is 408 g/mol. The summed E-state index contributed by atoms with van der Waals surface area (Å²) in [5, 5.41) is 4.53. The van der Waals surface area contributed by atoms with Crippen molar-refractivity contribution >= 4 is 34.7 Å². The number of hydrogen-bond acceptors (Lipinski definition) is 4. The van der Waals surface area contributed by atoms with Crippen LogP contribution in [-0.4, -0.2) is 10.9 Å². The van der Waals surface area contributed by atoms with Crippen molar-refractivity contribution in [2.75, 3.05) is 5.32 Å². The highest BCUT2D eigenvalue weighted by molar-refractivity contribution is 8.01. The summed E-state index contributed by atoms with van der Waals surface area (Å²) in [5.41, 5.74) is 0.821. The highest BCUT2D eigenvalue weighted by Crippen LogP contribution is 2.34. The summed E-state index contributed by atoms with van der Waals surface area (Å²) < 4.78 is 40.2. The molecule has 3 nitrogen and oxygen atoms in total. The van der Waals surface area contributed by atoms with Gasteiger partial charge in [0.15, 0.2) is 4.34 Å². The molecule has 140 valence electrons. The van der Waals surface area contributed by atoms with Gasteiger partial charge in [-0.2, -0.15) is 13.2 Å². The summed E-state index contributed by atoms with van der Waals surface area (Å²) >= 11 is 3.04. The molecular formula is C19H15F3N2OS2. The van der Waals surface area contributed by atoms with E-state index in [0.29, 0.717) is 5.69 Å². The smallest absolute Gasteiger partial charge is 0.322 e. The molecule has 1 amide bonds. The van der Waals surface area contributed by atoms with Crippen molar-refractivity contribution in [3.8, 4) is 0 Å². The number of nitrogens with zero attached hydrogens (tertiary/aromatic N) is 1. The normalized spacial score (nSPS) is 11.4. The zero-order chi connectivity index (χ0) is 19.6. The third-order valence-electron chi connectivity index (χ3n) is 3.73. The maximum atomic E-state index is 13.1. The number of benzene rings is 2. The van der Waals surface area contributed by atoms with Crippen LogP contribution in [0.2, 0.25) is 0 Å². The fraction of sp³-hybridized carbons (Fsp3) is 0.158. The van der Waals surface area contributed by atoms with Gasteiger partial charge in [0.1, 0.15) is 0 Å². The lowest BCUT2D eigenvalue weighted by atomic mass is 10.1. The molecule has 1 aromatic heterocycles. The predicted octanol–water partition coefficient (Wildman–Crippen LogP) is 6.18. The van der Waals surface area contributed by atoms with E-state index in [9.17, 15) is 18.0 Å². The van der Waals surface area contributed by atoms with E-state index >= 15 is 0 Å². The molecule has 0 bridgehead atoms. The number of amides is 1. The number of aromatic nitrogens is 1. The van der Waals surface area contributed by atoms with E-state index in [1.807, 2.05) is 18.4 Å². The van der Waals surface area contributed by atoms with Crippen molar-refractivity contribution in [3.63, 3.8) is 0 Å². The number of halogens is 3. The van der Waals surface area contributed by atoms with Gasteiger partial charge in [-0.3, -0.25) is 4.79 Å². The molecule has 0 unspecified atom stereocenters. The number of aryl methyl sites for hydroxylation is 2. The van der Waals surface area contributed by atoms with Crippen LogP contribution in [0.15, 0.2) is 57.1 Å². The predicted molar refractivity (Wildman–Crippen MR) is 102 cm³/mol. The summed E-state index contributed by atoms with van der Waals surface area (Å²) in [6.07, 6.45) is -4.59. The highest BCUT2D eigenvalue weighted by Gasteiger charge is 2.34. The Bertz CT molecular complexity index is 983. The third kappa shape index (κ3) is 4.70. The molecule has 0 atom stereocenters. The molecule has 0 aliphatic heterocycles. The first-order valence-electron chi connectivity index (χ1n) is 7.92. The van der Waals surface area contributed by atoms with Gasteiger partial charge in [-0.05, 0) is 49.7 Å². The maximum Gasteiger partial charge on any atom is 0.417 e. The molecule has 0 aliphatic carbocycles. The molecule has 0 spiro atoms. The summed E-state index contributed by atoms with van der Waals surface area (Å²) in [7, 11) is 0. The van der Waals surface area contributed by atoms with Crippen molar-refractivity contribution in [2.24, 2.45) is 0 Å². The Morgan fingerprint density at radius 1 is 1.15 bits per heavy atom. The summed E-state index contributed by atoms with van der Waals surface area (Å²) in [6.45, 7) is 3.71. The number of carbonyl (C=O) groups is 1. The SMILES string of the molecule is Cc1csc(Sc2ccc(NC(=O)c3ccccc3C(F)(F)F)c(C)c2)n1. The van der Waals surface area contributed by atoms with Gasteiger partial charge < -0.3 is 5.32 Å². The first-order valence-corrected chi connectivity index (χ1v) is 9.62. The lowest BCUT2D eigenvalue weighted by molar-refractivity contribution is -0.137. The minimum absolute atomic E-state index is 0.402.